The van der Waals surface area contributed by atoms with Crippen LogP contribution in [-0.2, 0) is 20.9 Å². The molecule has 1 atom stereocenters. The Morgan fingerprint density at radius 1 is 1.28 bits per heavy atom. The Kier molecular flexibility index (Phi) is 4.90. The molecule has 0 aliphatic carbocycles. The first-order chi connectivity index (χ1) is 12.0. The third-order valence-corrected chi connectivity index (χ3v) is 4.36. The summed E-state index contributed by atoms with van der Waals surface area (Å²) >= 11 is 5.86. The highest BCUT2D eigenvalue weighted by molar-refractivity contribution is 6.30. The van der Waals surface area contributed by atoms with Gasteiger partial charge < -0.3 is 9.32 Å². The number of hydrogen-bond donors (Lipinski definition) is 0. The van der Waals surface area contributed by atoms with E-state index >= 15 is 0 Å². The zero-order valence-electron chi connectivity index (χ0n) is 13.6. The molecule has 1 saturated heterocycles. The van der Waals surface area contributed by atoms with Gasteiger partial charge in [-0.3, -0.25) is 14.4 Å². The summed E-state index contributed by atoms with van der Waals surface area (Å²) < 4.78 is 5.29. The van der Waals surface area contributed by atoms with Gasteiger partial charge in [0.25, 0.3) is 5.91 Å². The second-order valence-corrected chi connectivity index (χ2v) is 6.15. The Balaban J connectivity index is 1.87. The van der Waals surface area contributed by atoms with Gasteiger partial charge in [0.05, 0.1) is 24.9 Å². The molecule has 1 fully saturated rings. The van der Waals surface area contributed by atoms with Crippen LogP contribution in [0.2, 0.25) is 5.02 Å². The molecule has 0 radical (unpaired) electrons. The number of benzene rings is 1. The van der Waals surface area contributed by atoms with Crippen molar-refractivity contribution in [3.8, 4) is 0 Å². The number of furan rings is 1. The van der Waals surface area contributed by atoms with Crippen molar-refractivity contribution in [1.29, 1.82) is 0 Å². The third-order valence-electron chi connectivity index (χ3n) is 4.11. The molecule has 1 aliphatic heterocycles. The Morgan fingerprint density at radius 2 is 2.00 bits per heavy atom. The third kappa shape index (κ3) is 3.44. The molecule has 0 bridgehead atoms. The molecule has 6 nitrogen and oxygen atoms in total. The van der Waals surface area contributed by atoms with E-state index in [2.05, 4.69) is 0 Å². The van der Waals surface area contributed by atoms with Gasteiger partial charge >= 0.3 is 0 Å². The van der Waals surface area contributed by atoms with E-state index in [1.807, 2.05) is 0 Å². The second-order valence-electron chi connectivity index (χ2n) is 5.72. The van der Waals surface area contributed by atoms with Crippen molar-refractivity contribution in [2.45, 2.75) is 32.4 Å². The monoisotopic (exact) mass is 360 g/mol. The maximum atomic E-state index is 12.8. The molecule has 3 rings (SSSR count). The summed E-state index contributed by atoms with van der Waals surface area (Å²) in [6.45, 7) is 1.87. The fraction of sp³-hybridized carbons (Fsp3) is 0.278. The lowest BCUT2D eigenvalue weighted by Gasteiger charge is -2.26. The Morgan fingerprint density at radius 3 is 2.60 bits per heavy atom. The maximum Gasteiger partial charge on any atom is 0.257 e. The van der Waals surface area contributed by atoms with E-state index in [4.69, 9.17) is 16.0 Å². The number of nitrogens with zero attached hydrogens (tertiary/aromatic N) is 2. The van der Waals surface area contributed by atoms with E-state index in [0.717, 1.165) is 4.90 Å². The van der Waals surface area contributed by atoms with Crippen molar-refractivity contribution in [3.63, 3.8) is 0 Å². The van der Waals surface area contributed by atoms with Gasteiger partial charge in [-0.15, -0.1) is 0 Å². The van der Waals surface area contributed by atoms with Gasteiger partial charge in [-0.25, -0.2) is 4.90 Å². The molecular weight excluding hydrogens is 344 g/mol. The summed E-state index contributed by atoms with van der Waals surface area (Å²) in [5, 5.41) is 0.514. The molecule has 0 saturated carbocycles. The molecule has 0 spiro atoms. The predicted molar refractivity (Wildman–Crippen MR) is 91.9 cm³/mol. The molecule has 3 amide bonds. The molecular formula is C18H17ClN2O4. The highest BCUT2D eigenvalue weighted by atomic mass is 35.5. The van der Waals surface area contributed by atoms with E-state index in [9.17, 15) is 14.4 Å². The summed E-state index contributed by atoms with van der Waals surface area (Å²) in [5.74, 6) is -0.404. The largest absolute Gasteiger partial charge is 0.467 e. The normalized spacial score (nSPS) is 17.2. The van der Waals surface area contributed by atoms with Gasteiger partial charge in [0.2, 0.25) is 11.8 Å². The average Bonchev–Trinajstić information content (AvgIpc) is 3.21. The lowest BCUT2D eigenvalue weighted by Crippen LogP contribution is -2.44. The number of carbonyl (C=O) groups is 3. The molecule has 2 heterocycles. The van der Waals surface area contributed by atoms with Crippen LogP contribution in [0.5, 0.6) is 0 Å². The lowest BCUT2D eigenvalue weighted by atomic mass is 10.2. The van der Waals surface area contributed by atoms with Crippen LogP contribution in [0.1, 0.15) is 25.5 Å². The highest BCUT2D eigenvalue weighted by Gasteiger charge is 2.44. The minimum absolute atomic E-state index is 0.0477. The molecule has 1 aliphatic rings. The van der Waals surface area contributed by atoms with Crippen LogP contribution in [0.25, 0.3) is 0 Å². The number of amides is 3. The number of carbonyl (C=O) groups excluding carboxylic acids is 3. The fourth-order valence-electron chi connectivity index (χ4n) is 2.87. The highest BCUT2D eigenvalue weighted by Crippen LogP contribution is 2.28. The van der Waals surface area contributed by atoms with Crippen LogP contribution >= 0.6 is 11.6 Å². The fourth-order valence-corrected chi connectivity index (χ4v) is 2.99. The molecule has 7 heteroatoms. The predicted octanol–water partition coefficient (Wildman–Crippen LogP) is 3.00. The quantitative estimate of drug-likeness (QED) is 0.768. The van der Waals surface area contributed by atoms with E-state index < -0.39 is 11.9 Å². The summed E-state index contributed by atoms with van der Waals surface area (Å²) in [5.41, 5.74) is 0.448. The average molecular weight is 361 g/mol. The van der Waals surface area contributed by atoms with Crippen LogP contribution < -0.4 is 4.90 Å². The molecule has 1 aromatic heterocycles. The van der Waals surface area contributed by atoms with Crippen molar-refractivity contribution in [2.75, 3.05) is 4.90 Å². The molecule has 130 valence electrons. The number of halogens is 1. The van der Waals surface area contributed by atoms with Crippen LogP contribution in [-0.4, -0.2) is 28.7 Å². The Labute approximate surface area is 150 Å². The van der Waals surface area contributed by atoms with Gasteiger partial charge in [-0.05, 0) is 36.4 Å². The Hall–Kier alpha value is -2.60. The number of anilines is 1. The van der Waals surface area contributed by atoms with Gasteiger partial charge in [-0.2, -0.15) is 0 Å². The second kappa shape index (κ2) is 7.11. The van der Waals surface area contributed by atoms with E-state index in [-0.39, 0.29) is 31.2 Å². The summed E-state index contributed by atoms with van der Waals surface area (Å²) in [6.07, 6.45) is 1.69. The van der Waals surface area contributed by atoms with Crippen LogP contribution in [0.4, 0.5) is 5.69 Å². The van der Waals surface area contributed by atoms with E-state index in [1.165, 1.54) is 11.2 Å². The topological polar surface area (TPSA) is 70.8 Å². The number of imide groups is 1. The minimum Gasteiger partial charge on any atom is -0.467 e. The van der Waals surface area contributed by atoms with Crippen molar-refractivity contribution in [2.24, 2.45) is 0 Å². The number of hydrogen-bond acceptors (Lipinski definition) is 4. The molecule has 2 aromatic rings. The van der Waals surface area contributed by atoms with Gasteiger partial charge in [0, 0.05) is 11.4 Å². The van der Waals surface area contributed by atoms with Crippen LogP contribution in [0.3, 0.4) is 0 Å². The van der Waals surface area contributed by atoms with Crippen molar-refractivity contribution in [1.82, 2.24) is 4.90 Å². The van der Waals surface area contributed by atoms with Gasteiger partial charge in [-0.1, -0.05) is 18.5 Å². The SMILES string of the molecule is CCC(=O)N(Cc1ccco1)[C@H]1CC(=O)N(c2ccc(Cl)cc2)C1=O. The first-order valence-electron chi connectivity index (χ1n) is 7.95. The standard InChI is InChI=1S/C18H17ClN2O4/c1-2-16(22)20(11-14-4-3-9-25-14)15-10-17(23)21(18(15)24)13-7-5-12(19)6-8-13/h3-9,15H,2,10-11H2,1H3/t15-/m0/s1. The molecule has 0 N–H and O–H groups in total. The van der Waals surface area contributed by atoms with Gasteiger partial charge in [0.1, 0.15) is 11.8 Å². The lowest BCUT2D eigenvalue weighted by molar-refractivity contribution is -0.139. The molecule has 25 heavy (non-hydrogen) atoms. The van der Waals surface area contributed by atoms with Crippen LogP contribution in [0.15, 0.2) is 47.1 Å². The Bertz CT molecular complexity index is 786. The zero-order chi connectivity index (χ0) is 18.0. The minimum atomic E-state index is -0.833. The summed E-state index contributed by atoms with van der Waals surface area (Å²) in [6, 6.07) is 9.06. The molecule has 0 unspecified atom stereocenters. The first kappa shape index (κ1) is 17.2. The summed E-state index contributed by atoms with van der Waals surface area (Å²) in [7, 11) is 0. The molecule has 1 aromatic carbocycles. The van der Waals surface area contributed by atoms with E-state index in [1.54, 1.807) is 43.3 Å². The van der Waals surface area contributed by atoms with Crippen molar-refractivity contribution < 1.29 is 18.8 Å². The smallest absolute Gasteiger partial charge is 0.257 e. The van der Waals surface area contributed by atoms with Gasteiger partial charge in [0.15, 0.2) is 0 Å². The maximum absolute atomic E-state index is 12.8. The summed E-state index contributed by atoms with van der Waals surface area (Å²) in [4.78, 5) is 40.1. The van der Waals surface area contributed by atoms with Crippen molar-refractivity contribution in [3.05, 3.63) is 53.4 Å². The zero-order valence-corrected chi connectivity index (χ0v) is 14.4. The van der Waals surface area contributed by atoms with Crippen LogP contribution in [0, 0.1) is 0 Å². The van der Waals surface area contributed by atoms with Crippen molar-refractivity contribution >= 4 is 35.0 Å². The number of rotatable bonds is 5. The first-order valence-corrected chi connectivity index (χ1v) is 8.33. The van der Waals surface area contributed by atoms with E-state index in [0.29, 0.717) is 16.5 Å².